The molecule has 2 aromatic heterocycles. The lowest BCUT2D eigenvalue weighted by atomic mass is 10.1. The molecule has 3 rings (SSSR count). The fourth-order valence-corrected chi connectivity index (χ4v) is 3.21. The van der Waals surface area contributed by atoms with E-state index < -0.39 is 5.91 Å². The van der Waals surface area contributed by atoms with Gasteiger partial charge in [-0.15, -0.1) is 11.3 Å². The molecule has 0 spiro atoms. The van der Waals surface area contributed by atoms with E-state index in [-0.39, 0.29) is 0 Å². The van der Waals surface area contributed by atoms with Gasteiger partial charge in [-0.2, -0.15) is 0 Å². The van der Waals surface area contributed by atoms with E-state index in [9.17, 15) is 4.79 Å². The minimum absolute atomic E-state index is 0.457. The minimum Gasteiger partial charge on any atom is -0.366 e. The summed E-state index contributed by atoms with van der Waals surface area (Å²) in [6.45, 7) is 0.690. The van der Waals surface area contributed by atoms with Crippen LogP contribution in [-0.4, -0.2) is 15.5 Å². The highest BCUT2D eigenvalue weighted by atomic mass is 35.5. The molecule has 0 radical (unpaired) electrons. The highest BCUT2D eigenvalue weighted by molar-refractivity contribution is 7.15. The van der Waals surface area contributed by atoms with E-state index in [2.05, 4.69) is 9.55 Å². The highest BCUT2D eigenvalue weighted by Crippen LogP contribution is 2.25. The van der Waals surface area contributed by atoms with Gasteiger partial charge in [0.1, 0.15) is 0 Å². The molecule has 106 valence electrons. The fourth-order valence-electron chi connectivity index (χ4n) is 2.24. The van der Waals surface area contributed by atoms with Gasteiger partial charge in [0.15, 0.2) is 4.47 Å². The van der Waals surface area contributed by atoms with Crippen LogP contribution in [0.4, 0.5) is 0 Å². The van der Waals surface area contributed by atoms with Crippen LogP contribution in [0.3, 0.4) is 0 Å². The van der Waals surface area contributed by atoms with E-state index in [4.69, 9.17) is 17.3 Å². The molecule has 0 saturated carbocycles. The van der Waals surface area contributed by atoms with Crippen molar-refractivity contribution in [2.45, 2.75) is 6.54 Å². The standard InChI is InChI=1S/C15H12ClN3OS/c16-15-18-7-11(21-15)9-19-8-10(5-6-14(17)20)12-3-1-2-4-13(12)19/h1-8H,9H2,(H2,17,20)/b6-5-. The molecule has 3 aromatic rings. The molecule has 1 amide bonds. The first-order valence-corrected chi connectivity index (χ1v) is 7.48. The van der Waals surface area contributed by atoms with Gasteiger partial charge in [-0.3, -0.25) is 4.79 Å². The monoisotopic (exact) mass is 317 g/mol. The fraction of sp³-hybridized carbons (Fsp3) is 0.0667. The lowest BCUT2D eigenvalue weighted by Crippen LogP contribution is -2.04. The zero-order valence-electron chi connectivity index (χ0n) is 11.0. The maximum atomic E-state index is 10.9. The molecule has 0 atom stereocenters. The van der Waals surface area contributed by atoms with Crippen molar-refractivity contribution < 1.29 is 4.79 Å². The number of aromatic nitrogens is 2. The zero-order valence-corrected chi connectivity index (χ0v) is 12.6. The number of halogens is 1. The number of benzene rings is 1. The van der Waals surface area contributed by atoms with Gasteiger partial charge in [-0.1, -0.05) is 29.8 Å². The van der Waals surface area contributed by atoms with E-state index in [1.165, 1.54) is 17.4 Å². The molecule has 0 bridgehead atoms. The Bertz CT molecular complexity index is 834. The summed E-state index contributed by atoms with van der Waals surface area (Å²) in [5.41, 5.74) is 7.21. The Labute approximate surface area is 130 Å². The average Bonchev–Trinajstić information content (AvgIpc) is 3.02. The van der Waals surface area contributed by atoms with Crippen molar-refractivity contribution in [3.8, 4) is 0 Å². The van der Waals surface area contributed by atoms with Gasteiger partial charge in [0, 0.05) is 39.8 Å². The van der Waals surface area contributed by atoms with E-state index in [1.54, 1.807) is 12.3 Å². The summed E-state index contributed by atoms with van der Waals surface area (Å²) in [6.07, 6.45) is 6.88. The predicted molar refractivity (Wildman–Crippen MR) is 86.4 cm³/mol. The molecule has 0 aliphatic carbocycles. The van der Waals surface area contributed by atoms with Crippen LogP contribution in [0.15, 0.2) is 42.7 Å². The van der Waals surface area contributed by atoms with Gasteiger partial charge >= 0.3 is 0 Å². The van der Waals surface area contributed by atoms with Crippen LogP contribution in [0.2, 0.25) is 4.47 Å². The van der Waals surface area contributed by atoms with Crippen LogP contribution in [0.25, 0.3) is 17.0 Å². The van der Waals surface area contributed by atoms with Crippen LogP contribution in [0.1, 0.15) is 10.4 Å². The summed E-state index contributed by atoms with van der Waals surface area (Å²) >= 11 is 7.33. The number of para-hydroxylation sites is 1. The lowest BCUT2D eigenvalue weighted by Gasteiger charge is -2.01. The Morgan fingerprint density at radius 1 is 1.43 bits per heavy atom. The van der Waals surface area contributed by atoms with E-state index in [1.807, 2.05) is 30.5 Å². The highest BCUT2D eigenvalue weighted by Gasteiger charge is 2.08. The van der Waals surface area contributed by atoms with Crippen molar-refractivity contribution in [1.29, 1.82) is 0 Å². The van der Waals surface area contributed by atoms with Crippen molar-refractivity contribution in [2.75, 3.05) is 0 Å². The number of primary amides is 1. The quantitative estimate of drug-likeness (QED) is 0.750. The lowest BCUT2D eigenvalue weighted by molar-refractivity contribution is -0.113. The third kappa shape index (κ3) is 2.99. The maximum absolute atomic E-state index is 10.9. The molecule has 2 N–H and O–H groups in total. The van der Waals surface area contributed by atoms with Gasteiger partial charge in [0.05, 0.1) is 6.54 Å². The summed E-state index contributed by atoms with van der Waals surface area (Å²) in [6, 6.07) is 8.02. The SMILES string of the molecule is NC(=O)/C=C\c1cn(Cc2cnc(Cl)s2)c2ccccc12. The predicted octanol–water partition coefficient (Wildman–Crippen LogP) is 3.30. The smallest absolute Gasteiger partial charge is 0.241 e. The number of rotatable bonds is 4. The van der Waals surface area contributed by atoms with E-state index in [0.29, 0.717) is 11.0 Å². The average molecular weight is 318 g/mol. The van der Waals surface area contributed by atoms with Crippen LogP contribution in [-0.2, 0) is 11.3 Å². The molecule has 0 unspecified atom stereocenters. The van der Waals surface area contributed by atoms with Crippen LogP contribution in [0, 0.1) is 0 Å². The Kier molecular flexibility index (Phi) is 3.77. The maximum Gasteiger partial charge on any atom is 0.241 e. The largest absolute Gasteiger partial charge is 0.366 e. The summed E-state index contributed by atoms with van der Waals surface area (Å²) < 4.78 is 2.65. The molecular formula is C15H12ClN3OS. The van der Waals surface area contributed by atoms with Crippen LogP contribution >= 0.6 is 22.9 Å². The summed E-state index contributed by atoms with van der Waals surface area (Å²) in [5, 5.41) is 1.07. The number of carbonyl (C=O) groups excluding carboxylic acids is 1. The third-order valence-electron chi connectivity index (χ3n) is 3.10. The van der Waals surface area contributed by atoms with E-state index >= 15 is 0 Å². The number of hydrogen-bond donors (Lipinski definition) is 1. The first-order chi connectivity index (χ1) is 10.1. The van der Waals surface area contributed by atoms with Crippen molar-refractivity contribution in [3.05, 3.63) is 57.6 Å². The van der Waals surface area contributed by atoms with Crippen LogP contribution in [0.5, 0.6) is 0 Å². The molecular weight excluding hydrogens is 306 g/mol. The molecule has 0 fully saturated rings. The zero-order chi connectivity index (χ0) is 14.8. The van der Waals surface area contributed by atoms with Gasteiger partial charge in [-0.25, -0.2) is 4.98 Å². The second-order valence-electron chi connectivity index (χ2n) is 4.54. The van der Waals surface area contributed by atoms with Gasteiger partial charge in [0.2, 0.25) is 5.91 Å². The van der Waals surface area contributed by atoms with Crippen molar-refractivity contribution in [1.82, 2.24) is 9.55 Å². The number of nitrogens with zero attached hydrogens (tertiary/aromatic N) is 2. The van der Waals surface area contributed by atoms with Gasteiger partial charge in [-0.05, 0) is 12.1 Å². The number of carbonyl (C=O) groups is 1. The number of fused-ring (bicyclic) bond motifs is 1. The van der Waals surface area contributed by atoms with Crippen molar-refractivity contribution in [3.63, 3.8) is 0 Å². The topological polar surface area (TPSA) is 60.9 Å². The molecule has 21 heavy (non-hydrogen) atoms. The summed E-state index contributed by atoms with van der Waals surface area (Å²) in [4.78, 5) is 16.0. The van der Waals surface area contributed by atoms with Gasteiger partial charge in [0.25, 0.3) is 0 Å². The molecule has 2 heterocycles. The van der Waals surface area contributed by atoms with E-state index in [0.717, 1.165) is 21.3 Å². The van der Waals surface area contributed by atoms with Crippen LogP contribution < -0.4 is 5.73 Å². The molecule has 4 nitrogen and oxygen atoms in total. The Balaban J connectivity index is 2.04. The first-order valence-electron chi connectivity index (χ1n) is 6.29. The minimum atomic E-state index is -0.457. The Hall–Kier alpha value is -2.11. The molecule has 6 heteroatoms. The second kappa shape index (κ2) is 5.71. The molecule has 1 aromatic carbocycles. The third-order valence-corrected chi connectivity index (χ3v) is 4.20. The van der Waals surface area contributed by atoms with Crippen molar-refractivity contribution >= 4 is 45.8 Å². The molecule has 0 saturated heterocycles. The normalized spacial score (nSPS) is 11.5. The van der Waals surface area contributed by atoms with Crippen molar-refractivity contribution in [2.24, 2.45) is 5.73 Å². The second-order valence-corrected chi connectivity index (χ2v) is 6.24. The summed E-state index contributed by atoms with van der Waals surface area (Å²) in [7, 11) is 0. The summed E-state index contributed by atoms with van der Waals surface area (Å²) in [5.74, 6) is -0.457. The Morgan fingerprint density at radius 3 is 2.95 bits per heavy atom. The number of nitrogens with two attached hydrogens (primary N) is 1. The first kappa shape index (κ1) is 13.9. The Morgan fingerprint density at radius 2 is 2.24 bits per heavy atom. The van der Waals surface area contributed by atoms with Gasteiger partial charge < -0.3 is 10.3 Å². The number of hydrogen-bond acceptors (Lipinski definition) is 3. The molecule has 0 aliphatic rings. The molecule has 0 aliphatic heterocycles. The number of thiazole rings is 1. The number of amides is 1.